The van der Waals surface area contributed by atoms with E-state index in [9.17, 15) is 9.18 Å². The second-order valence-electron chi connectivity index (χ2n) is 5.09. The van der Waals surface area contributed by atoms with Crippen molar-refractivity contribution in [1.82, 2.24) is 10.3 Å². The van der Waals surface area contributed by atoms with Crippen molar-refractivity contribution in [2.24, 2.45) is 0 Å². The van der Waals surface area contributed by atoms with Crippen LogP contribution in [0.15, 0.2) is 24.3 Å². The standard InChI is InChI=1S/C16H19FN2O3S/c1-10(8-21-3)18-16(20)15-11(2)19-14(23-15)9-22-13-6-4-12(17)5-7-13/h4-7,10H,8-9H2,1-3H3,(H,18,20). The molecule has 1 aromatic carbocycles. The number of nitrogens with one attached hydrogen (secondary N) is 1. The van der Waals surface area contributed by atoms with Crippen LogP contribution >= 0.6 is 11.3 Å². The van der Waals surface area contributed by atoms with E-state index in [0.717, 1.165) is 0 Å². The van der Waals surface area contributed by atoms with Crippen LogP contribution in [0.5, 0.6) is 5.75 Å². The van der Waals surface area contributed by atoms with Crippen molar-refractivity contribution in [3.05, 3.63) is 45.7 Å². The molecular formula is C16H19FN2O3S. The van der Waals surface area contributed by atoms with Gasteiger partial charge in [-0.3, -0.25) is 4.79 Å². The number of amides is 1. The van der Waals surface area contributed by atoms with E-state index in [1.807, 2.05) is 6.92 Å². The number of carbonyl (C=O) groups excluding carboxylic acids is 1. The SMILES string of the molecule is COCC(C)NC(=O)c1sc(COc2ccc(F)cc2)nc1C. The number of benzene rings is 1. The molecule has 0 bridgehead atoms. The molecule has 0 radical (unpaired) electrons. The summed E-state index contributed by atoms with van der Waals surface area (Å²) < 4.78 is 23.4. The minimum atomic E-state index is -0.313. The fourth-order valence-electron chi connectivity index (χ4n) is 1.98. The molecule has 0 saturated heterocycles. The molecule has 1 aromatic heterocycles. The van der Waals surface area contributed by atoms with Crippen molar-refractivity contribution in [2.45, 2.75) is 26.5 Å². The molecule has 0 aliphatic heterocycles. The van der Waals surface area contributed by atoms with Gasteiger partial charge in [-0.25, -0.2) is 9.37 Å². The molecule has 5 nitrogen and oxygen atoms in total. The number of thiazole rings is 1. The van der Waals surface area contributed by atoms with Gasteiger partial charge in [0, 0.05) is 13.2 Å². The van der Waals surface area contributed by atoms with Crippen molar-refractivity contribution in [2.75, 3.05) is 13.7 Å². The van der Waals surface area contributed by atoms with Crippen LogP contribution in [0.3, 0.4) is 0 Å². The summed E-state index contributed by atoms with van der Waals surface area (Å²) in [5, 5.41) is 3.55. The zero-order valence-electron chi connectivity index (χ0n) is 13.3. The van der Waals surface area contributed by atoms with Crippen LogP contribution in [-0.2, 0) is 11.3 Å². The Balaban J connectivity index is 1.97. The van der Waals surface area contributed by atoms with E-state index in [-0.39, 0.29) is 24.4 Å². The zero-order chi connectivity index (χ0) is 16.8. The second kappa shape index (κ2) is 8.03. The second-order valence-corrected chi connectivity index (χ2v) is 6.18. The van der Waals surface area contributed by atoms with Gasteiger partial charge in [-0.15, -0.1) is 11.3 Å². The number of hydrogen-bond donors (Lipinski definition) is 1. The van der Waals surface area contributed by atoms with Gasteiger partial charge in [0.25, 0.3) is 5.91 Å². The van der Waals surface area contributed by atoms with Crippen LogP contribution in [0, 0.1) is 12.7 Å². The van der Waals surface area contributed by atoms with E-state index >= 15 is 0 Å². The van der Waals surface area contributed by atoms with Crippen LogP contribution < -0.4 is 10.1 Å². The minimum absolute atomic E-state index is 0.0760. The number of halogens is 1. The summed E-state index contributed by atoms with van der Waals surface area (Å²) in [5.74, 6) is 0.0723. The van der Waals surface area contributed by atoms with Gasteiger partial charge in [0.15, 0.2) is 0 Å². The first kappa shape index (κ1) is 17.4. The van der Waals surface area contributed by atoms with E-state index in [0.29, 0.717) is 27.9 Å². The molecule has 1 unspecified atom stereocenters. The van der Waals surface area contributed by atoms with Crippen molar-refractivity contribution in [3.8, 4) is 5.75 Å². The number of nitrogens with zero attached hydrogens (tertiary/aromatic N) is 1. The molecule has 1 atom stereocenters. The summed E-state index contributed by atoms with van der Waals surface area (Å²) in [6.07, 6.45) is 0. The normalized spacial score (nSPS) is 12.0. The highest BCUT2D eigenvalue weighted by atomic mass is 32.1. The lowest BCUT2D eigenvalue weighted by atomic mass is 10.3. The summed E-state index contributed by atoms with van der Waals surface area (Å²) in [4.78, 5) is 17.1. The van der Waals surface area contributed by atoms with Gasteiger partial charge < -0.3 is 14.8 Å². The molecule has 124 valence electrons. The predicted molar refractivity (Wildman–Crippen MR) is 86.4 cm³/mol. The Morgan fingerprint density at radius 2 is 2.09 bits per heavy atom. The molecule has 1 amide bonds. The van der Waals surface area contributed by atoms with Crippen molar-refractivity contribution < 1.29 is 18.7 Å². The molecule has 0 saturated carbocycles. The lowest BCUT2D eigenvalue weighted by Gasteiger charge is -2.11. The fourth-order valence-corrected chi connectivity index (χ4v) is 2.86. The van der Waals surface area contributed by atoms with Gasteiger partial charge in [-0.1, -0.05) is 0 Å². The van der Waals surface area contributed by atoms with Gasteiger partial charge >= 0.3 is 0 Å². The average molecular weight is 338 g/mol. The Bertz CT molecular complexity index is 658. The monoisotopic (exact) mass is 338 g/mol. The van der Waals surface area contributed by atoms with E-state index < -0.39 is 0 Å². The van der Waals surface area contributed by atoms with E-state index in [2.05, 4.69) is 10.3 Å². The van der Waals surface area contributed by atoms with E-state index in [1.54, 1.807) is 26.2 Å². The highest BCUT2D eigenvalue weighted by molar-refractivity contribution is 7.13. The number of aromatic nitrogens is 1. The summed E-state index contributed by atoms with van der Waals surface area (Å²) in [6.45, 7) is 4.34. The molecule has 0 fully saturated rings. The number of carbonyl (C=O) groups is 1. The maximum absolute atomic E-state index is 12.8. The summed E-state index contributed by atoms with van der Waals surface area (Å²) in [7, 11) is 1.59. The number of rotatable bonds is 7. The van der Waals surface area contributed by atoms with Crippen molar-refractivity contribution >= 4 is 17.2 Å². The number of aryl methyl sites for hydroxylation is 1. The van der Waals surface area contributed by atoms with E-state index in [4.69, 9.17) is 9.47 Å². The number of ether oxygens (including phenoxy) is 2. The Morgan fingerprint density at radius 3 is 2.74 bits per heavy atom. The van der Waals surface area contributed by atoms with E-state index in [1.165, 1.54) is 23.5 Å². The van der Waals surface area contributed by atoms with Gasteiger partial charge in [-0.05, 0) is 38.1 Å². The third-order valence-electron chi connectivity index (χ3n) is 3.02. The first-order valence-corrected chi connectivity index (χ1v) is 7.95. The van der Waals surface area contributed by atoms with Gasteiger partial charge in [0.1, 0.15) is 28.1 Å². The third kappa shape index (κ3) is 5.01. The van der Waals surface area contributed by atoms with Crippen molar-refractivity contribution in [1.29, 1.82) is 0 Å². The Hall–Kier alpha value is -1.99. The summed E-state index contributed by atoms with van der Waals surface area (Å²) in [5.41, 5.74) is 0.662. The molecule has 1 N–H and O–H groups in total. The summed E-state index contributed by atoms with van der Waals surface area (Å²) in [6, 6.07) is 5.69. The first-order chi connectivity index (χ1) is 11.0. The Kier molecular flexibility index (Phi) is 6.06. The molecule has 0 spiro atoms. The maximum atomic E-state index is 12.8. The lowest BCUT2D eigenvalue weighted by Crippen LogP contribution is -2.35. The molecule has 0 aliphatic carbocycles. The van der Waals surface area contributed by atoms with Crippen molar-refractivity contribution in [3.63, 3.8) is 0 Å². The zero-order valence-corrected chi connectivity index (χ0v) is 14.1. The van der Waals surface area contributed by atoms with Crippen LogP contribution in [-0.4, -0.2) is 30.6 Å². The van der Waals surface area contributed by atoms with Crippen LogP contribution in [0.4, 0.5) is 4.39 Å². The van der Waals surface area contributed by atoms with Gasteiger partial charge in [-0.2, -0.15) is 0 Å². The maximum Gasteiger partial charge on any atom is 0.263 e. The van der Waals surface area contributed by atoms with Gasteiger partial charge in [0.2, 0.25) is 0 Å². The average Bonchev–Trinajstić information content (AvgIpc) is 2.88. The van der Waals surface area contributed by atoms with Crippen LogP contribution in [0.25, 0.3) is 0 Å². The molecule has 1 heterocycles. The predicted octanol–water partition coefficient (Wildman–Crippen LogP) is 2.93. The molecule has 23 heavy (non-hydrogen) atoms. The molecule has 0 aliphatic rings. The summed E-state index contributed by atoms with van der Waals surface area (Å²) >= 11 is 1.29. The smallest absolute Gasteiger partial charge is 0.263 e. The fraction of sp³-hybridized carbons (Fsp3) is 0.375. The quantitative estimate of drug-likeness (QED) is 0.843. The van der Waals surface area contributed by atoms with Crippen LogP contribution in [0.2, 0.25) is 0 Å². The molecule has 2 aromatic rings. The number of hydrogen-bond acceptors (Lipinski definition) is 5. The minimum Gasteiger partial charge on any atom is -0.486 e. The highest BCUT2D eigenvalue weighted by Gasteiger charge is 2.17. The Morgan fingerprint density at radius 1 is 1.39 bits per heavy atom. The van der Waals surface area contributed by atoms with Crippen LogP contribution in [0.1, 0.15) is 27.3 Å². The largest absolute Gasteiger partial charge is 0.486 e. The molecule has 7 heteroatoms. The first-order valence-electron chi connectivity index (χ1n) is 7.14. The molecule has 2 rings (SSSR count). The van der Waals surface area contributed by atoms with Gasteiger partial charge in [0.05, 0.1) is 12.3 Å². The lowest BCUT2D eigenvalue weighted by molar-refractivity contribution is 0.0909. The Labute approximate surface area is 138 Å². The third-order valence-corrected chi connectivity index (χ3v) is 4.15. The topological polar surface area (TPSA) is 60.5 Å². The highest BCUT2D eigenvalue weighted by Crippen LogP contribution is 2.20. The number of methoxy groups -OCH3 is 1. The molecular weight excluding hydrogens is 319 g/mol.